The van der Waals surface area contributed by atoms with E-state index in [1.807, 2.05) is 42.5 Å². The topological polar surface area (TPSA) is 74.7 Å². The van der Waals surface area contributed by atoms with Crippen LogP contribution < -0.4 is 0 Å². The molecule has 0 spiro atoms. The van der Waals surface area contributed by atoms with Crippen molar-refractivity contribution in [1.82, 2.24) is 4.90 Å². The minimum absolute atomic E-state index is 0.0552. The maximum Gasteiger partial charge on any atom is 0.330 e. The lowest BCUT2D eigenvalue weighted by Crippen LogP contribution is -2.44. The first kappa shape index (κ1) is 19.2. The molecular weight excluding hydrogens is 362 g/mol. The standard InChI is InChI=1S/C21H21NO4S/c1-13(12-27-14(2)23)20(24)22-11-16(10-19(22)21(25)26)18-9-5-7-15-6-3-4-8-17(15)18/h3-10,13,19H,11-12H2,1-2H3,(H,25,26). The lowest BCUT2D eigenvalue weighted by molar-refractivity contribution is -0.148. The maximum atomic E-state index is 12.8. The van der Waals surface area contributed by atoms with Gasteiger partial charge in [-0.3, -0.25) is 9.59 Å². The molecule has 0 saturated carbocycles. The Morgan fingerprint density at radius 1 is 1.19 bits per heavy atom. The maximum absolute atomic E-state index is 12.8. The predicted octanol–water partition coefficient (Wildman–Crippen LogP) is 3.43. The van der Waals surface area contributed by atoms with Crippen LogP contribution in [0.4, 0.5) is 0 Å². The number of carbonyl (C=O) groups excluding carboxylic acids is 2. The van der Waals surface area contributed by atoms with Crippen molar-refractivity contribution in [2.75, 3.05) is 12.3 Å². The van der Waals surface area contributed by atoms with Gasteiger partial charge in [-0.1, -0.05) is 61.2 Å². The van der Waals surface area contributed by atoms with E-state index < -0.39 is 17.9 Å². The van der Waals surface area contributed by atoms with Crippen LogP contribution in [0.3, 0.4) is 0 Å². The minimum atomic E-state index is -1.05. The molecule has 1 aliphatic rings. The Labute approximate surface area is 162 Å². The Kier molecular flexibility index (Phi) is 5.65. The van der Waals surface area contributed by atoms with Gasteiger partial charge in [0.05, 0.1) is 0 Å². The van der Waals surface area contributed by atoms with Crippen LogP contribution in [0, 0.1) is 5.92 Å². The molecule has 0 saturated heterocycles. The molecule has 1 aliphatic heterocycles. The van der Waals surface area contributed by atoms with E-state index in [9.17, 15) is 19.5 Å². The van der Waals surface area contributed by atoms with E-state index >= 15 is 0 Å². The number of hydrogen-bond donors (Lipinski definition) is 1. The van der Waals surface area contributed by atoms with E-state index in [1.165, 1.54) is 11.8 Å². The molecule has 2 atom stereocenters. The van der Waals surface area contributed by atoms with Gasteiger partial charge in [0.1, 0.15) is 6.04 Å². The zero-order valence-corrected chi connectivity index (χ0v) is 16.0. The monoisotopic (exact) mass is 383 g/mol. The Morgan fingerprint density at radius 2 is 1.89 bits per heavy atom. The van der Waals surface area contributed by atoms with Crippen LogP contribution in [0.1, 0.15) is 19.4 Å². The molecule has 2 aromatic rings. The highest BCUT2D eigenvalue weighted by molar-refractivity contribution is 8.13. The molecule has 1 N–H and O–H groups in total. The summed E-state index contributed by atoms with van der Waals surface area (Å²) in [5, 5.41) is 11.7. The lowest BCUT2D eigenvalue weighted by atomic mass is 9.98. The van der Waals surface area contributed by atoms with Crippen molar-refractivity contribution >= 4 is 45.1 Å². The molecule has 0 bridgehead atoms. The zero-order valence-electron chi connectivity index (χ0n) is 15.2. The third-order valence-corrected chi connectivity index (χ3v) is 5.74. The van der Waals surface area contributed by atoms with E-state index in [0.717, 1.165) is 33.7 Å². The van der Waals surface area contributed by atoms with E-state index in [2.05, 4.69) is 0 Å². The van der Waals surface area contributed by atoms with E-state index in [-0.39, 0.29) is 17.6 Å². The summed E-state index contributed by atoms with van der Waals surface area (Å²) >= 11 is 1.08. The zero-order chi connectivity index (χ0) is 19.6. The Hall–Kier alpha value is -2.60. The van der Waals surface area contributed by atoms with Crippen molar-refractivity contribution in [1.29, 1.82) is 0 Å². The van der Waals surface area contributed by atoms with Crippen LogP contribution >= 0.6 is 11.8 Å². The highest BCUT2D eigenvalue weighted by Gasteiger charge is 2.36. The first-order valence-corrected chi connectivity index (χ1v) is 9.72. The number of hydrogen-bond acceptors (Lipinski definition) is 4. The summed E-state index contributed by atoms with van der Waals surface area (Å²) in [7, 11) is 0. The second-order valence-electron chi connectivity index (χ2n) is 6.67. The molecule has 27 heavy (non-hydrogen) atoms. The van der Waals surface area contributed by atoms with Gasteiger partial charge in [-0.05, 0) is 28.0 Å². The van der Waals surface area contributed by atoms with Gasteiger partial charge in [0.2, 0.25) is 5.91 Å². The summed E-state index contributed by atoms with van der Waals surface area (Å²) in [6.45, 7) is 3.43. The molecular formula is C21H21NO4S. The summed E-state index contributed by atoms with van der Waals surface area (Å²) < 4.78 is 0. The number of nitrogens with zero attached hydrogens (tertiary/aromatic N) is 1. The fourth-order valence-corrected chi connectivity index (χ4v) is 3.94. The SMILES string of the molecule is CC(=O)SCC(C)C(=O)N1CC(c2cccc3ccccc23)=CC1C(=O)O. The van der Waals surface area contributed by atoms with Gasteiger partial charge in [0.15, 0.2) is 5.12 Å². The smallest absolute Gasteiger partial charge is 0.330 e. The van der Waals surface area contributed by atoms with Gasteiger partial charge in [-0.25, -0.2) is 4.79 Å². The molecule has 5 nitrogen and oxygen atoms in total. The molecule has 2 unspecified atom stereocenters. The number of amides is 1. The molecule has 6 heteroatoms. The van der Waals surface area contributed by atoms with Crippen LogP contribution in [-0.2, 0) is 14.4 Å². The first-order chi connectivity index (χ1) is 12.9. The van der Waals surface area contributed by atoms with Crippen LogP contribution in [-0.4, -0.2) is 45.3 Å². The molecule has 1 heterocycles. The number of fused-ring (bicyclic) bond motifs is 1. The second-order valence-corrected chi connectivity index (χ2v) is 7.87. The number of carbonyl (C=O) groups is 3. The van der Waals surface area contributed by atoms with E-state index in [0.29, 0.717) is 5.75 Å². The highest BCUT2D eigenvalue weighted by Crippen LogP contribution is 2.31. The Morgan fingerprint density at radius 3 is 2.59 bits per heavy atom. The summed E-state index contributed by atoms with van der Waals surface area (Å²) in [6, 6.07) is 12.8. The largest absolute Gasteiger partial charge is 0.479 e. The summed E-state index contributed by atoms with van der Waals surface area (Å²) in [5.41, 5.74) is 1.78. The van der Waals surface area contributed by atoms with Crippen LogP contribution in [0.5, 0.6) is 0 Å². The number of benzene rings is 2. The summed E-state index contributed by atoms with van der Waals surface area (Å²) in [5.74, 6) is -1.38. The van der Waals surface area contributed by atoms with Crippen LogP contribution in [0.2, 0.25) is 0 Å². The average Bonchev–Trinajstić information content (AvgIpc) is 3.10. The van der Waals surface area contributed by atoms with Gasteiger partial charge >= 0.3 is 5.97 Å². The lowest BCUT2D eigenvalue weighted by Gasteiger charge is -2.25. The highest BCUT2D eigenvalue weighted by atomic mass is 32.2. The van der Waals surface area contributed by atoms with Crippen molar-refractivity contribution in [3.8, 4) is 0 Å². The number of carboxylic acids is 1. The molecule has 0 fully saturated rings. The van der Waals surface area contributed by atoms with E-state index in [1.54, 1.807) is 13.0 Å². The summed E-state index contributed by atoms with van der Waals surface area (Å²) in [6.07, 6.45) is 1.66. The van der Waals surface area contributed by atoms with Gasteiger partial charge in [0.25, 0.3) is 0 Å². The quantitative estimate of drug-likeness (QED) is 0.856. The molecule has 3 rings (SSSR count). The molecule has 2 aromatic carbocycles. The number of carboxylic acid groups (broad SMARTS) is 1. The van der Waals surface area contributed by atoms with Crippen molar-refractivity contribution in [3.63, 3.8) is 0 Å². The molecule has 0 aliphatic carbocycles. The number of rotatable bonds is 5. The predicted molar refractivity (Wildman–Crippen MR) is 107 cm³/mol. The van der Waals surface area contributed by atoms with Crippen LogP contribution in [0.15, 0.2) is 48.5 Å². The fraction of sp³-hybridized carbons (Fsp3) is 0.286. The number of thioether (sulfide) groups is 1. The average molecular weight is 383 g/mol. The second kappa shape index (κ2) is 7.96. The Bertz CT molecular complexity index is 931. The third-order valence-electron chi connectivity index (χ3n) is 4.67. The van der Waals surface area contributed by atoms with Gasteiger partial charge in [-0.15, -0.1) is 0 Å². The van der Waals surface area contributed by atoms with Gasteiger partial charge in [-0.2, -0.15) is 0 Å². The Balaban J connectivity index is 1.89. The van der Waals surface area contributed by atoms with Gasteiger partial charge in [0, 0.05) is 25.1 Å². The van der Waals surface area contributed by atoms with Crippen molar-refractivity contribution in [3.05, 3.63) is 54.1 Å². The van der Waals surface area contributed by atoms with Crippen molar-refractivity contribution in [2.24, 2.45) is 5.92 Å². The molecule has 140 valence electrons. The number of aliphatic carboxylic acids is 1. The third kappa shape index (κ3) is 4.06. The first-order valence-electron chi connectivity index (χ1n) is 8.74. The molecule has 1 amide bonds. The van der Waals surface area contributed by atoms with Gasteiger partial charge < -0.3 is 10.0 Å². The molecule has 0 aromatic heterocycles. The van der Waals surface area contributed by atoms with Crippen LogP contribution in [0.25, 0.3) is 16.3 Å². The van der Waals surface area contributed by atoms with E-state index in [4.69, 9.17) is 0 Å². The van der Waals surface area contributed by atoms with Crippen molar-refractivity contribution < 1.29 is 19.5 Å². The molecule has 0 radical (unpaired) electrons. The summed E-state index contributed by atoms with van der Waals surface area (Å²) in [4.78, 5) is 37.1. The normalized spacial score (nSPS) is 17.6. The van der Waals surface area contributed by atoms with Crippen molar-refractivity contribution in [2.45, 2.75) is 19.9 Å². The fourth-order valence-electron chi connectivity index (χ4n) is 3.31. The minimum Gasteiger partial charge on any atom is -0.479 e.